The van der Waals surface area contributed by atoms with Crippen molar-refractivity contribution in [1.29, 1.82) is 0 Å². The van der Waals surface area contributed by atoms with Gasteiger partial charge in [0.25, 0.3) is 5.91 Å². The maximum atomic E-state index is 13.6. The van der Waals surface area contributed by atoms with Gasteiger partial charge in [-0.25, -0.2) is 4.79 Å². The Kier molecular flexibility index (Phi) is 29.8. The number of ether oxygens (including phenoxy) is 1. The molecule has 334 valence electrons. The van der Waals surface area contributed by atoms with Crippen LogP contribution in [0, 0.1) is 0 Å². The molecule has 11 nitrogen and oxygen atoms in total. The number of carbonyl (C=O) groups excluding carboxylic acids is 4. The maximum Gasteiger partial charge on any atom is 0.326 e. The van der Waals surface area contributed by atoms with Crippen molar-refractivity contribution in [1.82, 2.24) is 20.9 Å². The van der Waals surface area contributed by atoms with Crippen LogP contribution in [0.25, 0.3) is 0 Å². The van der Waals surface area contributed by atoms with Crippen molar-refractivity contribution < 1.29 is 33.8 Å². The van der Waals surface area contributed by atoms with Crippen LogP contribution in [0.1, 0.15) is 104 Å². The molecule has 2 rings (SSSR count). The second-order valence-corrected chi connectivity index (χ2v) is 13.6. The molecule has 0 heterocycles. The van der Waals surface area contributed by atoms with Gasteiger partial charge in [-0.05, 0) is 99.4 Å². The largest absolute Gasteiger partial charge is 0.497 e. The number of amides is 4. The third-order valence-electron chi connectivity index (χ3n) is 9.62. The van der Waals surface area contributed by atoms with Crippen LogP contribution in [-0.2, 0) is 35.9 Å². The first kappa shape index (κ1) is 55.2. The summed E-state index contributed by atoms with van der Waals surface area (Å²) in [7, 11) is 1.62. The molecule has 0 aliphatic rings. The first-order valence-electron chi connectivity index (χ1n) is 21.4. The molecule has 4 amide bonds. The fourth-order valence-corrected chi connectivity index (χ4v) is 6.45. The fraction of sp³-hybridized carbons (Fsp3) is 0.420. The number of carboxylic acids is 1. The zero-order valence-corrected chi connectivity index (χ0v) is 37.7. The summed E-state index contributed by atoms with van der Waals surface area (Å²) in [5.74, 6) is -1.88. The van der Waals surface area contributed by atoms with Gasteiger partial charge in [-0.2, -0.15) is 0 Å². The van der Waals surface area contributed by atoms with Gasteiger partial charge in [0.15, 0.2) is 0 Å². The summed E-state index contributed by atoms with van der Waals surface area (Å²) in [5.41, 5.74) is 3.03. The van der Waals surface area contributed by atoms with Crippen LogP contribution in [0.15, 0.2) is 128 Å². The lowest BCUT2D eigenvalue weighted by atomic mass is 9.77. The van der Waals surface area contributed by atoms with E-state index in [4.69, 9.17) is 4.74 Å². The Bertz CT molecular complexity index is 1730. The van der Waals surface area contributed by atoms with Crippen LogP contribution < -0.4 is 20.7 Å². The Morgan fingerprint density at radius 3 is 2.07 bits per heavy atom. The zero-order valence-electron chi connectivity index (χ0n) is 37.7. The van der Waals surface area contributed by atoms with Crippen molar-refractivity contribution >= 4 is 30.1 Å². The number of rotatable bonds is 28. The highest BCUT2D eigenvalue weighted by atomic mass is 16.5. The fourth-order valence-electron chi connectivity index (χ4n) is 6.45. The van der Waals surface area contributed by atoms with E-state index in [1.807, 2.05) is 120 Å². The van der Waals surface area contributed by atoms with Crippen LogP contribution in [0.2, 0.25) is 0 Å². The van der Waals surface area contributed by atoms with Crippen molar-refractivity contribution in [2.45, 2.75) is 117 Å². The van der Waals surface area contributed by atoms with Crippen molar-refractivity contribution in [3.05, 3.63) is 139 Å². The Morgan fingerprint density at radius 2 is 1.51 bits per heavy atom. The van der Waals surface area contributed by atoms with E-state index in [1.165, 1.54) is 0 Å². The second kappa shape index (κ2) is 33.0. The number of unbranched alkanes of at least 4 members (excludes halogenated alkanes) is 3. The quantitative estimate of drug-likeness (QED) is 0.0287. The lowest BCUT2D eigenvalue weighted by Crippen LogP contribution is -2.52. The highest BCUT2D eigenvalue weighted by molar-refractivity contribution is 5.94. The number of aliphatic carboxylic acids is 1. The van der Waals surface area contributed by atoms with Gasteiger partial charge in [-0.1, -0.05) is 133 Å². The minimum Gasteiger partial charge on any atom is -0.497 e. The van der Waals surface area contributed by atoms with Gasteiger partial charge in [-0.15, -0.1) is 0 Å². The van der Waals surface area contributed by atoms with Gasteiger partial charge in [0, 0.05) is 19.4 Å². The van der Waals surface area contributed by atoms with Crippen LogP contribution in [-0.4, -0.2) is 72.4 Å². The molecule has 4 N–H and O–H groups in total. The lowest BCUT2D eigenvalue weighted by molar-refractivity contribution is -0.142. The number of carbonyl (C=O) groups is 5. The number of nitrogens with zero attached hydrogens (tertiary/aromatic N) is 1. The molecule has 0 saturated heterocycles. The third-order valence-corrected chi connectivity index (χ3v) is 9.62. The molecule has 61 heavy (non-hydrogen) atoms. The van der Waals surface area contributed by atoms with Gasteiger partial charge in [0.1, 0.15) is 17.8 Å². The van der Waals surface area contributed by atoms with Gasteiger partial charge in [0.2, 0.25) is 18.2 Å². The summed E-state index contributed by atoms with van der Waals surface area (Å²) in [5, 5.41) is 19.4. The molecule has 0 aliphatic carbocycles. The number of hydrogen-bond acceptors (Lipinski definition) is 7. The monoisotopic (exact) mass is 841 g/mol. The highest BCUT2D eigenvalue weighted by Crippen LogP contribution is 2.37. The molecule has 0 fully saturated rings. The molecule has 0 aromatic heterocycles. The van der Waals surface area contributed by atoms with E-state index in [1.54, 1.807) is 13.2 Å². The summed E-state index contributed by atoms with van der Waals surface area (Å²) >= 11 is 0. The minimum atomic E-state index is -1.17. The van der Waals surface area contributed by atoms with Gasteiger partial charge >= 0.3 is 5.97 Å². The third kappa shape index (κ3) is 19.9. The average molecular weight is 841 g/mol. The van der Waals surface area contributed by atoms with Gasteiger partial charge < -0.3 is 25.8 Å². The zero-order chi connectivity index (χ0) is 46.1. The molecular weight excluding hydrogens is 769 g/mol. The second-order valence-electron chi connectivity index (χ2n) is 13.6. The first-order valence-corrected chi connectivity index (χ1v) is 21.4. The molecule has 0 spiro atoms. The summed E-state index contributed by atoms with van der Waals surface area (Å²) in [6.07, 6.45) is 16.9. The summed E-state index contributed by atoms with van der Waals surface area (Å²) in [4.78, 5) is 62.9. The van der Waals surface area contributed by atoms with E-state index in [-0.39, 0.29) is 31.7 Å². The molecule has 0 bridgehead atoms. The van der Waals surface area contributed by atoms with Crippen molar-refractivity contribution in [2.24, 2.45) is 0 Å². The van der Waals surface area contributed by atoms with Crippen LogP contribution >= 0.6 is 0 Å². The van der Waals surface area contributed by atoms with Crippen LogP contribution in [0.3, 0.4) is 0 Å². The number of carboxylic acid groups (broad SMARTS) is 1. The molecule has 3 atom stereocenters. The number of imide groups is 1. The van der Waals surface area contributed by atoms with Crippen LogP contribution in [0.4, 0.5) is 0 Å². The van der Waals surface area contributed by atoms with E-state index in [9.17, 15) is 29.1 Å². The topological polar surface area (TPSA) is 154 Å². The van der Waals surface area contributed by atoms with Gasteiger partial charge in [-0.3, -0.25) is 24.1 Å². The molecule has 2 aromatic carbocycles. The number of allylic oxidation sites excluding steroid dienone is 5. The predicted molar refractivity (Wildman–Crippen MR) is 249 cm³/mol. The number of hydrogen-bond donors (Lipinski definition) is 4. The normalized spacial score (nSPS) is 13.0. The van der Waals surface area contributed by atoms with Crippen LogP contribution in [0.5, 0.6) is 5.75 Å². The van der Waals surface area contributed by atoms with E-state index >= 15 is 0 Å². The summed E-state index contributed by atoms with van der Waals surface area (Å²) < 4.78 is 5.43. The van der Waals surface area contributed by atoms with Crippen molar-refractivity contribution in [2.75, 3.05) is 20.2 Å². The summed E-state index contributed by atoms with van der Waals surface area (Å²) in [6.45, 7) is 24.2. The van der Waals surface area contributed by atoms with E-state index < -0.39 is 35.4 Å². The molecule has 11 heteroatoms. The minimum absolute atomic E-state index is 0.114. The average Bonchev–Trinajstić information content (AvgIpc) is 3.29. The molecule has 0 saturated carbocycles. The molecular formula is C50H72N4O7. The maximum absolute atomic E-state index is 13.6. The SMILES string of the molecule is C=CC(=O)N(C=O)CCCCCC(=O)N[C@@H](Cc1ccccc1)C(=O)NC(CCCCNC(C/C=C\C=C/C)(/C(C=C)=C(\C)C=C)c1ccc(OC)cc1)C(=O)O.CC.CC. The standard InChI is InChI=1S/C46H60N4O7.2C2H6/c1-7-11-12-19-30-46(39(9-3)35(5)8-2,37-26-28-38(57-6)29-27-37)47-31-20-18-24-40(45(55)56)49-44(54)41(33-36-22-15-13-16-23-36)48-42(52)25-17-14-21-32-50(34-51)43(53)10-4;2*1-2/h7-13,15-16,19,22-23,26-29,34,40-41,47H,2-4,14,17-18,20-21,24-25,30-33H2,1,5-6H3,(H,48,52)(H,49,54)(H,55,56);2*1-2H3/b11-7-,19-12-,39-35+;;/t40?,41-,46?;;/m0../s1. The highest BCUT2D eigenvalue weighted by Gasteiger charge is 2.34. The number of benzene rings is 2. The summed E-state index contributed by atoms with van der Waals surface area (Å²) in [6, 6.07) is 14.9. The van der Waals surface area contributed by atoms with Crippen molar-refractivity contribution in [3.63, 3.8) is 0 Å². The molecule has 0 aliphatic heterocycles. The molecule has 0 radical (unpaired) electrons. The Balaban J connectivity index is 0.00000872. The molecule has 2 unspecified atom stereocenters. The van der Waals surface area contributed by atoms with E-state index in [0.29, 0.717) is 51.5 Å². The Labute approximate surface area is 365 Å². The molecule has 2 aromatic rings. The first-order chi connectivity index (χ1) is 29.5. The predicted octanol–water partition coefficient (Wildman–Crippen LogP) is 8.94. The van der Waals surface area contributed by atoms with Gasteiger partial charge in [0.05, 0.1) is 12.6 Å². The smallest absolute Gasteiger partial charge is 0.326 e. The number of methoxy groups -OCH3 is 1. The van der Waals surface area contributed by atoms with Crippen molar-refractivity contribution in [3.8, 4) is 5.75 Å². The number of nitrogens with one attached hydrogen (secondary N) is 3. The van der Waals surface area contributed by atoms with E-state index in [0.717, 1.165) is 39.0 Å². The Morgan fingerprint density at radius 1 is 0.836 bits per heavy atom. The lowest BCUT2D eigenvalue weighted by Gasteiger charge is -2.38. The van der Waals surface area contributed by atoms with E-state index in [2.05, 4.69) is 41.8 Å². The Hall–Kier alpha value is -5.81.